The number of hydrogen-bond acceptors (Lipinski definition) is 8. The summed E-state index contributed by atoms with van der Waals surface area (Å²) in [6.45, 7) is 0. The highest BCUT2D eigenvalue weighted by molar-refractivity contribution is 7.99. The predicted octanol–water partition coefficient (Wildman–Crippen LogP) is 0.577. The van der Waals surface area contributed by atoms with E-state index in [1.165, 1.54) is 0 Å². The lowest BCUT2D eigenvalue weighted by atomic mass is 10.1. The Morgan fingerprint density at radius 2 is 1.70 bits per heavy atom. The molecule has 0 aliphatic carbocycles. The zero-order chi connectivity index (χ0) is 27.5. The van der Waals surface area contributed by atoms with Gasteiger partial charge < -0.3 is 36.7 Å². The van der Waals surface area contributed by atoms with E-state index in [2.05, 4.69) is 21.7 Å². The molecule has 0 bridgehead atoms. The molecule has 13 nitrogen and oxygen atoms in total. The molecule has 1 heterocycles. The third kappa shape index (κ3) is 8.81. The lowest BCUT2D eigenvalue weighted by molar-refractivity contribution is -0.143. The Bertz CT molecular complexity index is 1190. The second-order valence-electron chi connectivity index (χ2n) is 8.07. The van der Waals surface area contributed by atoms with Crippen molar-refractivity contribution < 1.29 is 39.3 Å². The molecule has 0 radical (unpaired) electrons. The Labute approximate surface area is 215 Å². The molecule has 2 rings (SSSR count). The fourth-order valence-electron chi connectivity index (χ4n) is 3.36. The second kappa shape index (κ2) is 13.9. The Kier molecular flexibility index (Phi) is 10.9. The molecule has 37 heavy (non-hydrogen) atoms. The van der Waals surface area contributed by atoms with Crippen molar-refractivity contribution in [1.82, 2.24) is 15.6 Å². The number of fused-ring (bicyclic) bond motifs is 1. The van der Waals surface area contributed by atoms with Crippen LogP contribution >= 0.6 is 11.8 Å². The maximum atomic E-state index is 12.9. The van der Waals surface area contributed by atoms with Crippen LogP contribution in [0.25, 0.3) is 10.9 Å². The maximum Gasteiger partial charge on any atom is 0.326 e. The number of H-pyrrole nitrogens is 1. The van der Waals surface area contributed by atoms with Gasteiger partial charge in [-0.15, -0.1) is 11.8 Å². The molecule has 2 aromatic rings. The Morgan fingerprint density at radius 1 is 1.00 bits per heavy atom. The van der Waals surface area contributed by atoms with Gasteiger partial charge >= 0.3 is 17.9 Å². The van der Waals surface area contributed by atoms with Gasteiger partial charge in [-0.05, 0) is 18.9 Å². The van der Waals surface area contributed by atoms with Crippen molar-refractivity contribution in [2.24, 2.45) is 5.73 Å². The molecule has 14 heteroatoms. The van der Waals surface area contributed by atoms with Crippen LogP contribution in [0, 0.1) is 11.3 Å². The number of carboxylic acid groups (broad SMARTS) is 3. The lowest BCUT2D eigenvalue weighted by Crippen LogP contribution is -2.53. The number of amides is 2. The smallest absolute Gasteiger partial charge is 0.326 e. The topological polar surface area (TPSA) is 236 Å². The number of aromatic nitrogens is 1. The Morgan fingerprint density at radius 3 is 2.32 bits per heavy atom. The first kappa shape index (κ1) is 29.1. The number of aliphatic carboxylic acids is 3. The fraction of sp³-hybridized carbons (Fsp3) is 0.391. The fourth-order valence-corrected chi connectivity index (χ4v) is 4.43. The molecule has 4 atom stereocenters. The van der Waals surface area contributed by atoms with Crippen LogP contribution in [-0.4, -0.2) is 73.9 Å². The number of para-hydroxylation sites is 1. The van der Waals surface area contributed by atoms with E-state index in [4.69, 9.17) is 15.9 Å². The van der Waals surface area contributed by atoms with Gasteiger partial charge in [0.2, 0.25) is 11.8 Å². The monoisotopic (exact) mass is 533 g/mol. The van der Waals surface area contributed by atoms with Crippen LogP contribution in [0.5, 0.6) is 0 Å². The van der Waals surface area contributed by atoms with Crippen LogP contribution in [0.4, 0.5) is 0 Å². The molecule has 0 spiro atoms. The SMILES string of the molecule is N#CC(SC[C@H](NC(=O)CC[C@H](N)C(=O)O)C(=O)N[C@@H](CCC(=O)O)C(=O)O)c1c[nH]c2ccccc12. The average molecular weight is 534 g/mol. The number of nitrogens with one attached hydrogen (secondary N) is 3. The minimum Gasteiger partial charge on any atom is -0.481 e. The maximum absolute atomic E-state index is 12.9. The highest BCUT2D eigenvalue weighted by Gasteiger charge is 2.29. The number of nitrogens with two attached hydrogens (primary N) is 1. The molecule has 1 aromatic heterocycles. The number of aromatic amines is 1. The van der Waals surface area contributed by atoms with Crippen LogP contribution in [-0.2, 0) is 24.0 Å². The number of hydrogen-bond donors (Lipinski definition) is 7. The molecule has 0 aliphatic heterocycles. The van der Waals surface area contributed by atoms with Crippen LogP contribution in [0.15, 0.2) is 30.5 Å². The Balaban J connectivity index is 2.17. The molecular formula is C23H27N5O8S. The molecule has 0 aliphatic rings. The summed E-state index contributed by atoms with van der Waals surface area (Å²) in [5.41, 5.74) is 6.88. The van der Waals surface area contributed by atoms with Crippen molar-refractivity contribution >= 4 is 52.4 Å². The molecule has 2 amide bonds. The standard InChI is InChI=1S/C23H27N5O8S/c24-9-18(13-10-26-15-4-2-1-3-12(13)15)37-11-17(27-19(29)7-5-14(25)22(33)34)21(32)28-16(23(35)36)6-8-20(30)31/h1-4,10,14,16-18,26H,5-8,11,25H2,(H,27,29)(H,28,32)(H,30,31)(H,33,34)(H,35,36)/t14-,16-,17-,18?/m0/s1. The van der Waals surface area contributed by atoms with Crippen LogP contribution < -0.4 is 16.4 Å². The molecule has 198 valence electrons. The van der Waals surface area contributed by atoms with Gasteiger partial charge in [0.05, 0.1) is 6.07 Å². The second-order valence-corrected chi connectivity index (χ2v) is 9.21. The summed E-state index contributed by atoms with van der Waals surface area (Å²) in [4.78, 5) is 61.6. The van der Waals surface area contributed by atoms with Crippen LogP contribution in [0.1, 0.15) is 36.5 Å². The molecule has 8 N–H and O–H groups in total. The Hall–Kier alpha value is -4.09. The number of nitriles is 1. The first-order chi connectivity index (χ1) is 17.5. The summed E-state index contributed by atoms with van der Waals surface area (Å²) in [7, 11) is 0. The van der Waals surface area contributed by atoms with Crippen LogP contribution in [0.3, 0.4) is 0 Å². The molecule has 0 saturated heterocycles. The quantitative estimate of drug-likeness (QED) is 0.167. The van der Waals surface area contributed by atoms with Crippen molar-refractivity contribution in [2.45, 2.75) is 49.1 Å². The van der Waals surface area contributed by atoms with E-state index < -0.39 is 59.5 Å². The zero-order valence-electron chi connectivity index (χ0n) is 19.5. The highest BCUT2D eigenvalue weighted by Crippen LogP contribution is 2.33. The molecule has 1 unspecified atom stereocenters. The third-order valence-electron chi connectivity index (χ3n) is 5.36. The number of rotatable bonds is 15. The van der Waals surface area contributed by atoms with E-state index in [1.54, 1.807) is 12.3 Å². The van der Waals surface area contributed by atoms with Gasteiger partial charge in [-0.2, -0.15) is 5.26 Å². The average Bonchev–Trinajstić information content (AvgIpc) is 3.28. The number of benzene rings is 1. The van der Waals surface area contributed by atoms with Gasteiger partial charge in [0.1, 0.15) is 23.4 Å². The van der Waals surface area contributed by atoms with Gasteiger partial charge in [0, 0.05) is 41.3 Å². The van der Waals surface area contributed by atoms with Crippen molar-refractivity contribution in [3.05, 3.63) is 36.0 Å². The van der Waals surface area contributed by atoms with E-state index in [0.717, 1.165) is 22.7 Å². The first-order valence-electron chi connectivity index (χ1n) is 11.1. The minimum atomic E-state index is -1.52. The van der Waals surface area contributed by atoms with E-state index in [0.29, 0.717) is 5.56 Å². The molecule has 1 aromatic carbocycles. The van der Waals surface area contributed by atoms with Gasteiger partial charge in [-0.1, -0.05) is 18.2 Å². The summed E-state index contributed by atoms with van der Waals surface area (Å²) >= 11 is 1.04. The van der Waals surface area contributed by atoms with Crippen molar-refractivity contribution in [2.75, 3.05) is 5.75 Å². The van der Waals surface area contributed by atoms with Crippen LogP contribution in [0.2, 0.25) is 0 Å². The van der Waals surface area contributed by atoms with E-state index in [9.17, 15) is 34.3 Å². The zero-order valence-corrected chi connectivity index (χ0v) is 20.4. The van der Waals surface area contributed by atoms with Crippen molar-refractivity contribution in [3.63, 3.8) is 0 Å². The van der Waals surface area contributed by atoms with E-state index >= 15 is 0 Å². The number of nitrogens with zero attached hydrogens (tertiary/aromatic N) is 1. The molecule has 0 fully saturated rings. The minimum absolute atomic E-state index is 0.133. The van der Waals surface area contributed by atoms with Gasteiger partial charge in [-0.3, -0.25) is 19.2 Å². The summed E-state index contributed by atoms with van der Waals surface area (Å²) in [5, 5.41) is 41.6. The lowest BCUT2D eigenvalue weighted by Gasteiger charge is -2.22. The number of carbonyl (C=O) groups excluding carboxylic acids is 2. The summed E-state index contributed by atoms with van der Waals surface area (Å²) < 4.78 is 0. The third-order valence-corrected chi connectivity index (χ3v) is 6.58. The molecular weight excluding hydrogens is 506 g/mol. The van der Waals surface area contributed by atoms with Crippen molar-refractivity contribution in [1.29, 1.82) is 5.26 Å². The van der Waals surface area contributed by atoms with Gasteiger partial charge in [0.15, 0.2) is 0 Å². The largest absolute Gasteiger partial charge is 0.481 e. The van der Waals surface area contributed by atoms with E-state index in [-0.39, 0.29) is 25.0 Å². The normalized spacial score (nSPS) is 14.1. The number of carboxylic acids is 3. The molecule has 0 saturated carbocycles. The summed E-state index contributed by atoms with van der Waals surface area (Å²) in [5.74, 6) is -5.71. The van der Waals surface area contributed by atoms with Gasteiger partial charge in [-0.25, -0.2) is 4.79 Å². The van der Waals surface area contributed by atoms with Crippen molar-refractivity contribution in [3.8, 4) is 6.07 Å². The number of thioether (sulfide) groups is 1. The van der Waals surface area contributed by atoms with E-state index in [1.807, 2.05) is 18.2 Å². The number of carbonyl (C=O) groups is 5. The predicted molar refractivity (Wildman–Crippen MR) is 132 cm³/mol. The van der Waals surface area contributed by atoms with Gasteiger partial charge in [0.25, 0.3) is 0 Å². The summed E-state index contributed by atoms with van der Waals surface area (Å²) in [6.07, 6.45) is 0.266. The highest BCUT2D eigenvalue weighted by atomic mass is 32.2. The first-order valence-corrected chi connectivity index (χ1v) is 12.2. The summed E-state index contributed by atoms with van der Waals surface area (Å²) in [6, 6.07) is 5.33.